The molecule has 1 aliphatic carbocycles. The average molecular weight is 243 g/mol. The molecule has 0 aromatic heterocycles. The van der Waals surface area contributed by atoms with Crippen LogP contribution in [0.5, 0.6) is 0 Å². The molecule has 1 saturated heterocycles. The van der Waals surface area contributed by atoms with E-state index in [4.69, 9.17) is 20.3 Å². The van der Waals surface area contributed by atoms with Crippen molar-refractivity contribution in [3.05, 3.63) is 0 Å². The number of carboxylic acid groups (broad SMARTS) is 1. The Bertz CT molecular complexity index is 278. The molecule has 2 rings (SSSR count). The molecule has 0 bridgehead atoms. The zero-order chi connectivity index (χ0) is 12.3. The van der Waals surface area contributed by atoms with Crippen molar-refractivity contribution in [1.82, 2.24) is 0 Å². The third-order valence-corrected chi connectivity index (χ3v) is 3.76. The van der Waals surface area contributed by atoms with Gasteiger partial charge in [0, 0.05) is 18.9 Å². The van der Waals surface area contributed by atoms with Gasteiger partial charge in [-0.05, 0) is 25.7 Å². The molecule has 3 atom stereocenters. The van der Waals surface area contributed by atoms with Crippen LogP contribution in [0.25, 0.3) is 0 Å². The number of aliphatic carboxylic acids is 1. The first-order chi connectivity index (χ1) is 8.10. The summed E-state index contributed by atoms with van der Waals surface area (Å²) in [4.78, 5) is 11.1. The molecule has 2 fully saturated rings. The van der Waals surface area contributed by atoms with Gasteiger partial charge in [0.1, 0.15) is 5.54 Å². The van der Waals surface area contributed by atoms with Crippen LogP contribution >= 0.6 is 0 Å². The minimum Gasteiger partial charge on any atom is -0.480 e. The lowest BCUT2D eigenvalue weighted by atomic mass is 9.81. The molecular weight excluding hydrogens is 222 g/mol. The molecule has 5 heteroatoms. The molecule has 5 nitrogen and oxygen atoms in total. The fourth-order valence-corrected chi connectivity index (χ4v) is 2.58. The Kier molecular flexibility index (Phi) is 4.01. The van der Waals surface area contributed by atoms with Gasteiger partial charge < -0.3 is 20.3 Å². The average Bonchev–Trinajstić information content (AvgIpc) is 2.79. The summed E-state index contributed by atoms with van der Waals surface area (Å²) in [5.41, 5.74) is 4.78. The smallest absolute Gasteiger partial charge is 0.323 e. The standard InChI is InChI=1S/C12H21NO4/c13-12(11(14)15)4-1-2-10(6-12)17-8-9-3-5-16-7-9/h9-10H,1-8,13H2,(H,14,15). The van der Waals surface area contributed by atoms with E-state index in [9.17, 15) is 4.79 Å². The van der Waals surface area contributed by atoms with E-state index in [1.807, 2.05) is 0 Å². The van der Waals surface area contributed by atoms with Gasteiger partial charge in [0.25, 0.3) is 0 Å². The number of ether oxygens (including phenoxy) is 2. The van der Waals surface area contributed by atoms with E-state index >= 15 is 0 Å². The number of carbonyl (C=O) groups is 1. The van der Waals surface area contributed by atoms with Crippen molar-refractivity contribution < 1.29 is 19.4 Å². The zero-order valence-electron chi connectivity index (χ0n) is 10.1. The Hall–Kier alpha value is -0.650. The highest BCUT2D eigenvalue weighted by Crippen LogP contribution is 2.29. The summed E-state index contributed by atoms with van der Waals surface area (Å²) in [5.74, 6) is -0.441. The summed E-state index contributed by atoms with van der Waals surface area (Å²) < 4.78 is 11.1. The van der Waals surface area contributed by atoms with Crippen molar-refractivity contribution in [3.63, 3.8) is 0 Å². The molecule has 1 heterocycles. The Morgan fingerprint density at radius 1 is 1.53 bits per heavy atom. The van der Waals surface area contributed by atoms with E-state index in [-0.39, 0.29) is 6.10 Å². The van der Waals surface area contributed by atoms with E-state index in [2.05, 4.69) is 0 Å². The Morgan fingerprint density at radius 3 is 3.00 bits per heavy atom. The lowest BCUT2D eigenvalue weighted by Gasteiger charge is -2.34. The molecule has 1 aliphatic heterocycles. The van der Waals surface area contributed by atoms with E-state index < -0.39 is 11.5 Å². The maximum Gasteiger partial charge on any atom is 0.323 e. The summed E-state index contributed by atoms with van der Waals surface area (Å²) in [6.07, 6.45) is 3.75. The third kappa shape index (κ3) is 3.18. The van der Waals surface area contributed by atoms with Crippen molar-refractivity contribution in [1.29, 1.82) is 0 Å². The molecule has 1 saturated carbocycles. The first kappa shape index (κ1) is 12.8. The van der Waals surface area contributed by atoms with Crippen LogP contribution in [0.15, 0.2) is 0 Å². The van der Waals surface area contributed by atoms with Crippen LogP contribution in [0.3, 0.4) is 0 Å². The molecule has 0 radical (unpaired) electrons. The van der Waals surface area contributed by atoms with Crippen molar-refractivity contribution in [2.75, 3.05) is 19.8 Å². The van der Waals surface area contributed by atoms with E-state index in [0.29, 0.717) is 25.4 Å². The fraction of sp³-hybridized carbons (Fsp3) is 0.917. The van der Waals surface area contributed by atoms with Crippen LogP contribution in [-0.2, 0) is 14.3 Å². The summed E-state index contributed by atoms with van der Waals surface area (Å²) >= 11 is 0. The quantitative estimate of drug-likeness (QED) is 0.762. The lowest BCUT2D eigenvalue weighted by Crippen LogP contribution is -2.53. The highest BCUT2D eigenvalue weighted by molar-refractivity contribution is 5.78. The minimum absolute atomic E-state index is 0.00884. The molecule has 0 aromatic rings. The Labute approximate surface area is 101 Å². The van der Waals surface area contributed by atoms with Crippen molar-refractivity contribution >= 4 is 5.97 Å². The number of carboxylic acids is 1. The van der Waals surface area contributed by atoms with Crippen LogP contribution in [0.1, 0.15) is 32.1 Å². The van der Waals surface area contributed by atoms with Crippen LogP contribution in [0, 0.1) is 5.92 Å². The van der Waals surface area contributed by atoms with Crippen molar-refractivity contribution in [2.24, 2.45) is 11.7 Å². The van der Waals surface area contributed by atoms with Gasteiger partial charge in [-0.1, -0.05) is 0 Å². The van der Waals surface area contributed by atoms with Gasteiger partial charge in [0.05, 0.1) is 19.3 Å². The number of hydrogen-bond donors (Lipinski definition) is 2. The normalized spacial score (nSPS) is 38.2. The summed E-state index contributed by atoms with van der Waals surface area (Å²) in [5, 5.41) is 9.09. The predicted octanol–water partition coefficient (Wildman–Crippen LogP) is 0.764. The molecule has 2 aliphatic rings. The van der Waals surface area contributed by atoms with Crippen molar-refractivity contribution in [2.45, 2.75) is 43.7 Å². The SMILES string of the molecule is NC1(C(=O)O)CCCC(OCC2CCOC2)C1. The maximum absolute atomic E-state index is 11.1. The molecule has 17 heavy (non-hydrogen) atoms. The first-order valence-corrected chi connectivity index (χ1v) is 6.32. The molecule has 3 N–H and O–H groups in total. The third-order valence-electron chi connectivity index (χ3n) is 3.76. The van der Waals surface area contributed by atoms with Gasteiger partial charge in [0.2, 0.25) is 0 Å². The van der Waals surface area contributed by atoms with E-state index in [0.717, 1.165) is 32.5 Å². The van der Waals surface area contributed by atoms with Gasteiger partial charge in [-0.25, -0.2) is 0 Å². The van der Waals surface area contributed by atoms with Gasteiger partial charge in [-0.3, -0.25) is 4.79 Å². The molecule has 0 aromatic carbocycles. The topological polar surface area (TPSA) is 81.8 Å². The molecule has 0 spiro atoms. The van der Waals surface area contributed by atoms with Gasteiger partial charge >= 0.3 is 5.97 Å². The largest absolute Gasteiger partial charge is 0.480 e. The van der Waals surface area contributed by atoms with Gasteiger partial charge in [-0.2, -0.15) is 0 Å². The number of hydrogen-bond acceptors (Lipinski definition) is 4. The van der Waals surface area contributed by atoms with Gasteiger partial charge in [-0.15, -0.1) is 0 Å². The second-order valence-electron chi connectivity index (χ2n) is 5.24. The minimum atomic E-state index is -1.09. The predicted molar refractivity (Wildman–Crippen MR) is 61.7 cm³/mol. The molecule has 3 unspecified atom stereocenters. The van der Waals surface area contributed by atoms with Crippen molar-refractivity contribution in [3.8, 4) is 0 Å². The Balaban J connectivity index is 1.78. The van der Waals surface area contributed by atoms with Crippen LogP contribution in [0.2, 0.25) is 0 Å². The summed E-state index contributed by atoms with van der Waals surface area (Å²) in [6, 6.07) is 0. The second-order valence-corrected chi connectivity index (χ2v) is 5.24. The van der Waals surface area contributed by atoms with Crippen LogP contribution < -0.4 is 5.73 Å². The van der Waals surface area contributed by atoms with E-state index in [1.165, 1.54) is 0 Å². The number of rotatable bonds is 4. The van der Waals surface area contributed by atoms with Gasteiger partial charge in [0.15, 0.2) is 0 Å². The monoisotopic (exact) mass is 243 g/mol. The summed E-state index contributed by atoms with van der Waals surface area (Å²) in [7, 11) is 0. The zero-order valence-corrected chi connectivity index (χ0v) is 10.1. The second kappa shape index (κ2) is 5.33. The lowest BCUT2D eigenvalue weighted by molar-refractivity contribution is -0.147. The van der Waals surface area contributed by atoms with E-state index in [1.54, 1.807) is 0 Å². The molecule has 0 amide bonds. The Morgan fingerprint density at radius 2 is 2.35 bits per heavy atom. The highest BCUT2D eigenvalue weighted by atomic mass is 16.5. The fourth-order valence-electron chi connectivity index (χ4n) is 2.58. The maximum atomic E-state index is 11.1. The molecular formula is C12H21NO4. The summed E-state index contributed by atoms with van der Waals surface area (Å²) in [6.45, 7) is 2.24. The van der Waals surface area contributed by atoms with Crippen LogP contribution in [0.4, 0.5) is 0 Å². The van der Waals surface area contributed by atoms with Crippen LogP contribution in [-0.4, -0.2) is 42.5 Å². The highest BCUT2D eigenvalue weighted by Gasteiger charge is 2.39. The molecule has 98 valence electrons. The first-order valence-electron chi connectivity index (χ1n) is 6.32. The number of nitrogens with two attached hydrogens (primary N) is 1.